The fourth-order valence-electron chi connectivity index (χ4n) is 1.95. The normalized spacial score (nSPS) is 16.9. The third-order valence-corrected chi connectivity index (χ3v) is 4.06. The largest absolute Gasteiger partial charge is 0.480 e. The van der Waals surface area contributed by atoms with E-state index < -0.39 is 10.7 Å². The molecule has 0 fully saturated rings. The van der Waals surface area contributed by atoms with Crippen molar-refractivity contribution in [2.24, 2.45) is 0 Å². The zero-order valence-electron chi connectivity index (χ0n) is 10.5. The van der Waals surface area contributed by atoms with Gasteiger partial charge in [-0.1, -0.05) is 0 Å². The van der Waals surface area contributed by atoms with E-state index in [4.69, 9.17) is 5.11 Å². The fraction of sp³-hybridized carbons (Fsp3) is 0.308. The van der Waals surface area contributed by atoms with Gasteiger partial charge < -0.3 is 5.11 Å². The third kappa shape index (κ3) is 2.49. The van der Waals surface area contributed by atoms with Gasteiger partial charge in [0.25, 0.3) is 0 Å². The molecule has 1 aliphatic heterocycles. The lowest BCUT2D eigenvalue weighted by Crippen LogP contribution is -2.48. The standard InChI is InChI=1S/C13H13NO4S/c1-13(2)12(18)14(6-11(16)17)9-4-3-8(7-15)5-10(9)19-13/h3-5,7H,6H2,1-2H3,(H,16,17). The molecular weight excluding hydrogens is 266 g/mol. The number of carboxylic acid groups (broad SMARTS) is 1. The van der Waals surface area contributed by atoms with Gasteiger partial charge in [-0.05, 0) is 32.0 Å². The van der Waals surface area contributed by atoms with Crippen molar-refractivity contribution in [3.63, 3.8) is 0 Å². The van der Waals surface area contributed by atoms with Gasteiger partial charge >= 0.3 is 5.97 Å². The summed E-state index contributed by atoms with van der Waals surface area (Å²) in [4.78, 5) is 36.0. The SMILES string of the molecule is CC1(C)Sc2cc(C=O)ccc2N(CC(=O)O)C1=O. The molecule has 100 valence electrons. The second-order valence-electron chi connectivity index (χ2n) is 4.74. The number of nitrogens with zero attached hydrogens (tertiary/aromatic N) is 1. The molecule has 0 unspecified atom stereocenters. The maximum Gasteiger partial charge on any atom is 0.323 e. The molecule has 1 amide bonds. The van der Waals surface area contributed by atoms with Crippen molar-refractivity contribution in [3.05, 3.63) is 23.8 Å². The Morgan fingerprint density at radius 3 is 2.74 bits per heavy atom. The number of benzene rings is 1. The summed E-state index contributed by atoms with van der Waals surface area (Å²) in [5, 5.41) is 8.92. The molecular formula is C13H13NO4S. The quantitative estimate of drug-likeness (QED) is 0.854. The van der Waals surface area contributed by atoms with Crippen molar-refractivity contribution in [1.29, 1.82) is 0 Å². The Bertz CT molecular complexity index is 568. The van der Waals surface area contributed by atoms with E-state index in [2.05, 4.69) is 0 Å². The number of aliphatic carboxylic acids is 1. The lowest BCUT2D eigenvalue weighted by molar-refractivity contribution is -0.136. The summed E-state index contributed by atoms with van der Waals surface area (Å²) in [7, 11) is 0. The van der Waals surface area contributed by atoms with E-state index in [9.17, 15) is 14.4 Å². The zero-order chi connectivity index (χ0) is 14.2. The first-order chi connectivity index (χ1) is 8.85. The van der Waals surface area contributed by atoms with Gasteiger partial charge in [-0.3, -0.25) is 19.3 Å². The third-order valence-electron chi connectivity index (χ3n) is 2.83. The van der Waals surface area contributed by atoms with Crippen molar-refractivity contribution < 1.29 is 19.5 Å². The summed E-state index contributed by atoms with van der Waals surface area (Å²) in [6.45, 7) is 3.10. The van der Waals surface area contributed by atoms with Crippen molar-refractivity contribution >= 4 is 35.6 Å². The van der Waals surface area contributed by atoms with E-state index >= 15 is 0 Å². The minimum absolute atomic E-state index is 0.244. The summed E-state index contributed by atoms with van der Waals surface area (Å²) in [5.74, 6) is -1.31. The number of anilines is 1. The molecule has 0 aliphatic carbocycles. The summed E-state index contributed by atoms with van der Waals surface area (Å²) >= 11 is 1.34. The zero-order valence-corrected chi connectivity index (χ0v) is 11.4. The Morgan fingerprint density at radius 1 is 1.47 bits per heavy atom. The Kier molecular flexibility index (Phi) is 3.36. The van der Waals surface area contributed by atoms with Gasteiger partial charge in [-0.2, -0.15) is 0 Å². The Hall–Kier alpha value is -1.82. The summed E-state index contributed by atoms with van der Waals surface area (Å²) in [5.41, 5.74) is 1.05. The summed E-state index contributed by atoms with van der Waals surface area (Å²) < 4.78 is -0.746. The molecule has 6 heteroatoms. The molecule has 0 bridgehead atoms. The van der Waals surface area contributed by atoms with Gasteiger partial charge in [0.2, 0.25) is 5.91 Å². The minimum Gasteiger partial charge on any atom is -0.480 e. The van der Waals surface area contributed by atoms with Gasteiger partial charge in [0.05, 0.1) is 10.4 Å². The van der Waals surface area contributed by atoms with Gasteiger partial charge in [-0.15, -0.1) is 11.8 Å². The smallest absolute Gasteiger partial charge is 0.323 e. The summed E-state index contributed by atoms with van der Waals surface area (Å²) in [6.07, 6.45) is 0.728. The van der Waals surface area contributed by atoms with Crippen LogP contribution in [-0.2, 0) is 9.59 Å². The Morgan fingerprint density at radius 2 is 2.16 bits per heavy atom. The molecule has 0 aromatic heterocycles. The van der Waals surface area contributed by atoms with E-state index in [1.807, 2.05) is 0 Å². The number of thioether (sulfide) groups is 1. The van der Waals surface area contributed by atoms with Crippen LogP contribution in [-0.4, -0.2) is 34.6 Å². The number of fused-ring (bicyclic) bond motifs is 1. The monoisotopic (exact) mass is 279 g/mol. The van der Waals surface area contributed by atoms with Crippen LogP contribution >= 0.6 is 11.8 Å². The van der Waals surface area contributed by atoms with Crippen LogP contribution in [0.2, 0.25) is 0 Å². The molecule has 0 radical (unpaired) electrons. The van der Waals surface area contributed by atoms with E-state index in [0.717, 1.165) is 11.2 Å². The average molecular weight is 279 g/mol. The van der Waals surface area contributed by atoms with Crippen LogP contribution in [0.3, 0.4) is 0 Å². The van der Waals surface area contributed by atoms with Crippen molar-refractivity contribution in [2.45, 2.75) is 23.5 Å². The highest BCUT2D eigenvalue weighted by molar-refractivity contribution is 8.01. The first kappa shape index (κ1) is 13.6. The number of carbonyl (C=O) groups excluding carboxylic acids is 2. The minimum atomic E-state index is -1.07. The molecule has 19 heavy (non-hydrogen) atoms. The van der Waals surface area contributed by atoms with Crippen LogP contribution in [0.25, 0.3) is 0 Å². The van der Waals surface area contributed by atoms with E-state index in [1.54, 1.807) is 32.0 Å². The maximum atomic E-state index is 12.3. The van der Waals surface area contributed by atoms with E-state index in [1.165, 1.54) is 16.7 Å². The molecule has 0 saturated carbocycles. The molecule has 0 atom stereocenters. The molecule has 1 heterocycles. The van der Waals surface area contributed by atoms with Crippen LogP contribution in [0.1, 0.15) is 24.2 Å². The van der Waals surface area contributed by atoms with Gasteiger partial charge in [0.15, 0.2) is 0 Å². The van der Waals surface area contributed by atoms with Crippen molar-refractivity contribution in [2.75, 3.05) is 11.4 Å². The first-order valence-corrected chi connectivity index (χ1v) is 6.49. The van der Waals surface area contributed by atoms with Gasteiger partial charge in [0, 0.05) is 10.5 Å². The van der Waals surface area contributed by atoms with Crippen LogP contribution in [0, 0.1) is 0 Å². The van der Waals surface area contributed by atoms with Crippen molar-refractivity contribution in [1.82, 2.24) is 0 Å². The molecule has 0 saturated heterocycles. The second-order valence-corrected chi connectivity index (χ2v) is 6.41. The number of carbonyl (C=O) groups is 3. The van der Waals surface area contributed by atoms with Gasteiger partial charge in [0.1, 0.15) is 12.8 Å². The molecule has 5 nitrogen and oxygen atoms in total. The highest BCUT2D eigenvalue weighted by Gasteiger charge is 2.40. The average Bonchev–Trinajstić information content (AvgIpc) is 2.33. The topological polar surface area (TPSA) is 74.7 Å². The number of hydrogen-bond donors (Lipinski definition) is 1. The van der Waals surface area contributed by atoms with E-state index in [0.29, 0.717) is 11.3 Å². The van der Waals surface area contributed by atoms with Crippen LogP contribution < -0.4 is 4.90 Å². The Labute approximate surface area is 114 Å². The molecule has 1 aromatic rings. The number of rotatable bonds is 3. The fourth-order valence-corrected chi connectivity index (χ4v) is 3.18. The number of hydrogen-bond acceptors (Lipinski definition) is 4. The Balaban J connectivity index is 2.53. The lowest BCUT2D eigenvalue weighted by atomic mass is 10.1. The first-order valence-electron chi connectivity index (χ1n) is 5.67. The summed E-state index contributed by atoms with van der Waals surface area (Å²) in [6, 6.07) is 4.87. The molecule has 1 N–H and O–H groups in total. The molecule has 1 aromatic carbocycles. The van der Waals surface area contributed by atoms with Crippen LogP contribution in [0.5, 0.6) is 0 Å². The molecule has 1 aliphatic rings. The molecule has 2 rings (SSSR count). The maximum absolute atomic E-state index is 12.3. The van der Waals surface area contributed by atoms with Crippen LogP contribution in [0.15, 0.2) is 23.1 Å². The number of carboxylic acids is 1. The van der Waals surface area contributed by atoms with Crippen LogP contribution in [0.4, 0.5) is 5.69 Å². The highest BCUT2D eigenvalue weighted by Crippen LogP contribution is 2.45. The predicted octanol–water partition coefficient (Wildman–Crippen LogP) is 1.80. The molecule has 0 spiro atoms. The van der Waals surface area contributed by atoms with Gasteiger partial charge in [-0.25, -0.2) is 0 Å². The predicted molar refractivity (Wildman–Crippen MR) is 71.8 cm³/mol. The number of aldehydes is 1. The number of amides is 1. The second kappa shape index (κ2) is 4.70. The lowest BCUT2D eigenvalue weighted by Gasteiger charge is -2.37. The van der Waals surface area contributed by atoms with E-state index in [-0.39, 0.29) is 12.5 Å². The highest BCUT2D eigenvalue weighted by atomic mass is 32.2. The van der Waals surface area contributed by atoms with Crippen molar-refractivity contribution in [3.8, 4) is 0 Å².